The van der Waals surface area contributed by atoms with E-state index >= 15 is 0 Å². The van der Waals surface area contributed by atoms with Gasteiger partial charge in [-0.05, 0) is 44.2 Å². The smallest absolute Gasteiger partial charge is 0.260 e. The molecule has 9 nitrogen and oxygen atoms in total. The van der Waals surface area contributed by atoms with E-state index in [4.69, 9.17) is 0 Å². The number of amides is 2. The van der Waals surface area contributed by atoms with Gasteiger partial charge in [0.2, 0.25) is 11.9 Å². The Kier molecular flexibility index (Phi) is 5.98. The summed E-state index contributed by atoms with van der Waals surface area (Å²) in [6.45, 7) is 6.63. The van der Waals surface area contributed by atoms with E-state index in [1.165, 1.54) is 0 Å². The number of aryl methyl sites for hydroxylation is 3. The van der Waals surface area contributed by atoms with Crippen LogP contribution < -0.4 is 10.2 Å². The fourth-order valence-corrected chi connectivity index (χ4v) is 4.63. The molecule has 1 saturated heterocycles. The normalized spacial score (nSPS) is 13.9. The Labute approximate surface area is 204 Å². The number of benzene rings is 2. The van der Waals surface area contributed by atoms with Gasteiger partial charge in [0.25, 0.3) is 5.91 Å². The van der Waals surface area contributed by atoms with Gasteiger partial charge in [0.05, 0.1) is 22.3 Å². The average Bonchev–Trinajstić information content (AvgIpc) is 3.36. The number of fused-ring (bicyclic) bond motifs is 1. The van der Waals surface area contributed by atoms with E-state index < -0.39 is 0 Å². The molecule has 3 heterocycles. The maximum absolute atomic E-state index is 13.3. The Bertz CT molecular complexity index is 1400. The zero-order chi connectivity index (χ0) is 24.5. The number of carbonyl (C=O) groups excluding carboxylic acids is 2. The lowest BCUT2D eigenvalue weighted by atomic mass is 10.1. The maximum atomic E-state index is 13.3. The maximum Gasteiger partial charge on any atom is 0.260 e. The van der Waals surface area contributed by atoms with E-state index in [1.807, 2.05) is 85.0 Å². The van der Waals surface area contributed by atoms with E-state index in [0.717, 1.165) is 28.1 Å². The van der Waals surface area contributed by atoms with Crippen LogP contribution in [0.1, 0.15) is 21.7 Å². The molecule has 0 spiro atoms. The Morgan fingerprint density at radius 3 is 2.40 bits per heavy atom. The fourth-order valence-electron chi connectivity index (χ4n) is 4.63. The van der Waals surface area contributed by atoms with Crippen molar-refractivity contribution in [1.29, 1.82) is 0 Å². The number of para-hydroxylation sites is 3. The van der Waals surface area contributed by atoms with Crippen LogP contribution in [0.15, 0.2) is 54.6 Å². The highest BCUT2D eigenvalue weighted by atomic mass is 16.2. The quantitative estimate of drug-likeness (QED) is 0.484. The van der Waals surface area contributed by atoms with Gasteiger partial charge in [0.1, 0.15) is 6.54 Å². The first-order chi connectivity index (χ1) is 16.9. The van der Waals surface area contributed by atoms with Crippen molar-refractivity contribution >= 4 is 34.5 Å². The second-order valence-electron chi connectivity index (χ2n) is 8.91. The minimum absolute atomic E-state index is 0.0590. The molecule has 2 aromatic carbocycles. The first kappa shape index (κ1) is 22.6. The second kappa shape index (κ2) is 9.25. The average molecular weight is 472 g/mol. The molecule has 0 aliphatic carbocycles. The monoisotopic (exact) mass is 471 g/mol. The fraction of sp³-hybridized carbons (Fsp3) is 0.308. The highest BCUT2D eigenvalue weighted by Crippen LogP contribution is 2.24. The number of hydrogen-bond donors (Lipinski definition) is 1. The van der Waals surface area contributed by atoms with E-state index in [0.29, 0.717) is 37.7 Å². The van der Waals surface area contributed by atoms with Gasteiger partial charge in [0, 0.05) is 44.6 Å². The topological polar surface area (TPSA) is 88.3 Å². The van der Waals surface area contributed by atoms with Gasteiger partial charge < -0.3 is 14.4 Å². The molecule has 4 aromatic rings. The molecule has 0 bridgehead atoms. The predicted octanol–water partition coefficient (Wildman–Crippen LogP) is 2.99. The van der Waals surface area contributed by atoms with Crippen LogP contribution in [0.3, 0.4) is 0 Å². The second-order valence-corrected chi connectivity index (χ2v) is 8.91. The molecule has 1 aliphatic heterocycles. The molecule has 35 heavy (non-hydrogen) atoms. The van der Waals surface area contributed by atoms with Crippen LogP contribution in [0, 0.1) is 13.8 Å². The number of hydrogen-bond acceptors (Lipinski definition) is 5. The number of carbonyl (C=O) groups is 2. The summed E-state index contributed by atoms with van der Waals surface area (Å²) >= 11 is 0. The molecule has 1 N–H and O–H groups in total. The van der Waals surface area contributed by atoms with Crippen molar-refractivity contribution in [2.24, 2.45) is 7.05 Å². The van der Waals surface area contributed by atoms with Gasteiger partial charge in [-0.1, -0.05) is 24.3 Å². The van der Waals surface area contributed by atoms with Crippen LogP contribution in [0.4, 0.5) is 11.6 Å². The van der Waals surface area contributed by atoms with Crippen LogP contribution in [-0.4, -0.2) is 62.2 Å². The van der Waals surface area contributed by atoms with Crippen molar-refractivity contribution in [3.05, 3.63) is 71.5 Å². The molecular formula is C26H29N7O2. The van der Waals surface area contributed by atoms with Crippen LogP contribution in [0.2, 0.25) is 0 Å². The molecular weight excluding hydrogens is 442 g/mol. The van der Waals surface area contributed by atoms with Crippen molar-refractivity contribution in [2.75, 3.05) is 36.4 Å². The molecule has 2 aromatic heterocycles. The summed E-state index contributed by atoms with van der Waals surface area (Å²) in [5, 5.41) is 7.37. The molecule has 1 aliphatic rings. The Morgan fingerprint density at radius 2 is 1.69 bits per heavy atom. The number of nitrogens with one attached hydrogen (secondary N) is 1. The minimum Gasteiger partial charge on any atom is -0.367 e. The summed E-state index contributed by atoms with van der Waals surface area (Å²) in [6.07, 6.45) is 0. The molecule has 0 atom stereocenters. The standard InChI is InChI=1S/C26H29N7O2/c1-18-16-19(2)33(29-18)17-24(34)32-14-12-31(13-15-32)22-10-6-4-8-20(22)25(35)28-26-27-21-9-5-7-11-23(21)30(26)3/h4-11,16H,12-15,17H2,1-3H3,(H,27,28,35). The van der Waals surface area contributed by atoms with Gasteiger partial charge in [0.15, 0.2) is 0 Å². The third-order valence-electron chi connectivity index (χ3n) is 6.52. The van der Waals surface area contributed by atoms with Gasteiger partial charge in [-0.3, -0.25) is 19.6 Å². The largest absolute Gasteiger partial charge is 0.367 e. The zero-order valence-electron chi connectivity index (χ0n) is 20.2. The predicted molar refractivity (Wildman–Crippen MR) is 136 cm³/mol. The van der Waals surface area contributed by atoms with Gasteiger partial charge in [-0.25, -0.2) is 4.98 Å². The SMILES string of the molecule is Cc1cc(C)n(CC(=O)N2CCN(c3ccccc3C(=O)Nc3nc4ccccc4n3C)CC2)n1. The Morgan fingerprint density at radius 1 is 0.971 bits per heavy atom. The number of nitrogens with zero attached hydrogens (tertiary/aromatic N) is 6. The van der Waals surface area contributed by atoms with E-state index in [-0.39, 0.29) is 18.4 Å². The number of piperazine rings is 1. The molecule has 0 radical (unpaired) electrons. The molecule has 5 rings (SSSR count). The van der Waals surface area contributed by atoms with Crippen LogP contribution >= 0.6 is 0 Å². The van der Waals surface area contributed by atoms with Gasteiger partial charge in [-0.2, -0.15) is 5.10 Å². The van der Waals surface area contributed by atoms with Crippen LogP contribution in [-0.2, 0) is 18.4 Å². The molecule has 9 heteroatoms. The van der Waals surface area contributed by atoms with E-state index in [1.54, 1.807) is 4.68 Å². The Balaban J connectivity index is 1.27. The van der Waals surface area contributed by atoms with Crippen molar-refractivity contribution in [2.45, 2.75) is 20.4 Å². The number of imidazole rings is 1. The summed E-state index contributed by atoms with van der Waals surface area (Å²) in [5.41, 5.74) is 5.12. The highest BCUT2D eigenvalue weighted by molar-refractivity contribution is 6.08. The number of rotatable bonds is 5. The molecule has 180 valence electrons. The first-order valence-electron chi connectivity index (χ1n) is 11.8. The van der Waals surface area contributed by atoms with Crippen molar-refractivity contribution < 1.29 is 9.59 Å². The van der Waals surface area contributed by atoms with Crippen molar-refractivity contribution in [3.8, 4) is 0 Å². The third-order valence-corrected chi connectivity index (χ3v) is 6.52. The summed E-state index contributed by atoms with van der Waals surface area (Å²) in [6, 6.07) is 17.3. The molecule has 0 saturated carbocycles. The van der Waals surface area contributed by atoms with Gasteiger partial charge in [-0.15, -0.1) is 0 Å². The summed E-state index contributed by atoms with van der Waals surface area (Å²) in [7, 11) is 1.89. The first-order valence-corrected chi connectivity index (χ1v) is 11.8. The zero-order valence-corrected chi connectivity index (χ0v) is 20.2. The van der Waals surface area contributed by atoms with Crippen LogP contribution in [0.25, 0.3) is 11.0 Å². The van der Waals surface area contributed by atoms with E-state index in [2.05, 4.69) is 20.3 Å². The lowest BCUT2D eigenvalue weighted by Gasteiger charge is -2.36. The summed E-state index contributed by atoms with van der Waals surface area (Å²) in [4.78, 5) is 34.7. The van der Waals surface area contributed by atoms with Crippen molar-refractivity contribution in [3.63, 3.8) is 0 Å². The molecule has 2 amide bonds. The Hall–Kier alpha value is -4.14. The summed E-state index contributed by atoms with van der Waals surface area (Å²) < 4.78 is 3.63. The van der Waals surface area contributed by atoms with Crippen LogP contribution in [0.5, 0.6) is 0 Å². The number of anilines is 2. The highest BCUT2D eigenvalue weighted by Gasteiger charge is 2.25. The third kappa shape index (κ3) is 4.49. The lowest BCUT2D eigenvalue weighted by Crippen LogP contribution is -2.50. The van der Waals surface area contributed by atoms with Gasteiger partial charge >= 0.3 is 0 Å². The molecule has 1 fully saturated rings. The minimum atomic E-state index is -0.206. The lowest BCUT2D eigenvalue weighted by molar-refractivity contribution is -0.132. The van der Waals surface area contributed by atoms with Crippen molar-refractivity contribution in [1.82, 2.24) is 24.2 Å². The van der Waals surface area contributed by atoms with E-state index in [9.17, 15) is 9.59 Å². The summed E-state index contributed by atoms with van der Waals surface area (Å²) in [5.74, 6) is 0.358. The molecule has 0 unspecified atom stereocenters. The number of aromatic nitrogens is 4.